The first-order valence-corrected chi connectivity index (χ1v) is 13.2. The van der Waals surface area contributed by atoms with Crippen LogP contribution in [0.1, 0.15) is 90.0 Å². The fourth-order valence-electron chi connectivity index (χ4n) is 5.73. The molecule has 1 aromatic heterocycles. The predicted molar refractivity (Wildman–Crippen MR) is 130 cm³/mol. The van der Waals surface area contributed by atoms with Gasteiger partial charge in [0, 0.05) is 55.9 Å². The number of anilines is 1. The fraction of sp³-hybridized carbons (Fsp3) is 0.808. The number of aromatic nitrogens is 2. The number of piperazine rings is 1. The van der Waals surface area contributed by atoms with E-state index < -0.39 is 0 Å². The Morgan fingerprint density at radius 3 is 2.12 bits per heavy atom. The number of fused-ring (bicyclic) bond motifs is 2. The van der Waals surface area contributed by atoms with E-state index >= 15 is 0 Å². The number of piperidine rings is 1. The van der Waals surface area contributed by atoms with Gasteiger partial charge in [0.2, 0.25) is 5.95 Å². The highest BCUT2D eigenvalue weighted by atomic mass is 16.1. The third-order valence-electron chi connectivity index (χ3n) is 8.33. The number of nitrogens with zero attached hydrogens (tertiary/aromatic N) is 4. The van der Waals surface area contributed by atoms with Crippen LogP contribution < -0.4 is 10.2 Å². The number of likely N-dealkylation sites (tertiary alicyclic amines) is 1. The molecule has 0 radical (unpaired) electrons. The molecule has 0 aromatic carbocycles. The first-order valence-electron chi connectivity index (χ1n) is 13.2. The smallest absolute Gasteiger partial charge is 0.225 e. The van der Waals surface area contributed by atoms with E-state index in [2.05, 4.69) is 41.4 Å². The molecule has 1 saturated carbocycles. The molecule has 4 fully saturated rings. The normalized spacial score (nSPS) is 27.4. The molecule has 6 nitrogen and oxygen atoms in total. The highest BCUT2D eigenvalue weighted by Crippen LogP contribution is 2.34. The van der Waals surface area contributed by atoms with Crippen LogP contribution in [-0.4, -0.2) is 65.0 Å². The molecule has 4 aliphatic rings. The lowest BCUT2D eigenvalue weighted by Gasteiger charge is -2.43. The summed E-state index contributed by atoms with van der Waals surface area (Å²) in [5, 5.41) is 3.43. The van der Waals surface area contributed by atoms with Gasteiger partial charge in [-0.2, -0.15) is 0 Å². The largest absolute Gasteiger partial charge is 0.332 e. The Balaban J connectivity index is 0.000000260. The number of hydrogen-bond acceptors (Lipinski definition) is 6. The maximum atomic E-state index is 10.8. The van der Waals surface area contributed by atoms with Crippen molar-refractivity contribution in [1.29, 1.82) is 0 Å². The van der Waals surface area contributed by atoms with E-state index in [1.54, 1.807) is 0 Å². The first kappa shape index (κ1) is 23.6. The number of hydrogen-bond donors (Lipinski definition) is 1. The van der Waals surface area contributed by atoms with Crippen molar-refractivity contribution in [2.24, 2.45) is 5.92 Å². The SMILES string of the molecule is CCC(=O)C1CCC1.CCC(C)N1CC2CCC(C1)N2c1ncc(C2CCNCC2)cn1. The maximum absolute atomic E-state index is 10.8. The molecule has 178 valence electrons. The van der Waals surface area contributed by atoms with Gasteiger partial charge in [-0.1, -0.05) is 20.3 Å². The average molecular weight is 442 g/mol. The third-order valence-corrected chi connectivity index (χ3v) is 8.33. The van der Waals surface area contributed by atoms with E-state index in [-0.39, 0.29) is 0 Å². The molecule has 1 aliphatic carbocycles. The van der Waals surface area contributed by atoms with Gasteiger partial charge in [0.1, 0.15) is 5.78 Å². The number of carbonyl (C=O) groups excluding carboxylic acids is 1. The summed E-state index contributed by atoms with van der Waals surface area (Å²) in [5.41, 5.74) is 1.32. The van der Waals surface area contributed by atoms with E-state index in [1.165, 1.54) is 57.2 Å². The Bertz CT molecular complexity index is 714. The van der Waals surface area contributed by atoms with Crippen molar-refractivity contribution in [2.45, 2.75) is 103 Å². The molecule has 3 saturated heterocycles. The number of ketones is 1. The fourth-order valence-corrected chi connectivity index (χ4v) is 5.73. The Labute approximate surface area is 194 Å². The minimum atomic E-state index is 0.458. The van der Waals surface area contributed by atoms with Crippen molar-refractivity contribution in [2.75, 3.05) is 31.1 Å². The molecule has 5 rings (SSSR count). The van der Waals surface area contributed by atoms with Crippen LogP contribution in [0.4, 0.5) is 5.95 Å². The van der Waals surface area contributed by atoms with Gasteiger partial charge in [-0.05, 0) is 76.4 Å². The molecule has 3 aliphatic heterocycles. The van der Waals surface area contributed by atoms with Crippen molar-refractivity contribution < 1.29 is 4.79 Å². The van der Waals surface area contributed by atoms with Gasteiger partial charge in [-0.15, -0.1) is 0 Å². The summed E-state index contributed by atoms with van der Waals surface area (Å²) in [6, 6.07) is 1.89. The van der Waals surface area contributed by atoms with Crippen molar-refractivity contribution in [3.8, 4) is 0 Å². The van der Waals surface area contributed by atoms with Gasteiger partial charge in [0.15, 0.2) is 0 Å². The molecule has 1 N–H and O–H groups in total. The Morgan fingerprint density at radius 2 is 1.66 bits per heavy atom. The number of Topliss-reactive ketones (excluding diaryl/α,β-unsaturated/α-hetero) is 1. The monoisotopic (exact) mass is 441 g/mol. The zero-order valence-electron chi connectivity index (χ0n) is 20.4. The highest BCUT2D eigenvalue weighted by molar-refractivity contribution is 5.81. The molecule has 4 heterocycles. The summed E-state index contributed by atoms with van der Waals surface area (Å²) in [6.07, 6.45) is 14.8. The summed E-state index contributed by atoms with van der Waals surface area (Å²) < 4.78 is 0. The molecule has 0 amide bonds. The topological polar surface area (TPSA) is 61.4 Å². The lowest BCUT2D eigenvalue weighted by atomic mass is 9.81. The van der Waals surface area contributed by atoms with Crippen LogP contribution in [0.15, 0.2) is 12.4 Å². The van der Waals surface area contributed by atoms with Crippen molar-refractivity contribution in [3.05, 3.63) is 18.0 Å². The standard InChI is InChI=1S/C19H31N5.C7H12O/c1-3-14(2)23-12-17-4-5-18(13-23)24(17)19-21-10-16(11-22-19)15-6-8-20-9-7-15;1-2-7(8)6-4-3-5-6/h10-11,14-15,17-18,20H,3-9,12-13H2,1-2H3;6H,2-5H2,1H3. The summed E-state index contributed by atoms with van der Waals surface area (Å²) in [5.74, 6) is 2.53. The van der Waals surface area contributed by atoms with Gasteiger partial charge in [0.25, 0.3) is 0 Å². The molecular weight excluding hydrogens is 398 g/mol. The van der Waals surface area contributed by atoms with Crippen LogP contribution in [0, 0.1) is 5.92 Å². The van der Waals surface area contributed by atoms with Crippen molar-refractivity contribution in [1.82, 2.24) is 20.2 Å². The molecule has 2 bridgehead atoms. The lowest BCUT2D eigenvalue weighted by molar-refractivity contribution is -0.124. The minimum absolute atomic E-state index is 0.458. The second kappa shape index (κ2) is 11.1. The Kier molecular flexibility index (Phi) is 8.17. The van der Waals surface area contributed by atoms with E-state index in [1.807, 2.05) is 6.92 Å². The predicted octanol–water partition coefficient (Wildman–Crippen LogP) is 4.16. The van der Waals surface area contributed by atoms with Crippen LogP contribution in [0.25, 0.3) is 0 Å². The van der Waals surface area contributed by atoms with Crippen molar-refractivity contribution in [3.63, 3.8) is 0 Å². The van der Waals surface area contributed by atoms with Crippen LogP contribution in [0.5, 0.6) is 0 Å². The third kappa shape index (κ3) is 5.33. The van der Waals surface area contributed by atoms with Crippen LogP contribution in [0.2, 0.25) is 0 Å². The lowest BCUT2D eigenvalue weighted by Crippen LogP contribution is -2.56. The van der Waals surface area contributed by atoms with Crippen molar-refractivity contribution >= 4 is 11.7 Å². The van der Waals surface area contributed by atoms with Gasteiger partial charge in [0.05, 0.1) is 0 Å². The summed E-state index contributed by atoms with van der Waals surface area (Å²) in [7, 11) is 0. The molecule has 6 heteroatoms. The number of rotatable bonds is 6. The highest BCUT2D eigenvalue weighted by Gasteiger charge is 2.42. The zero-order valence-corrected chi connectivity index (χ0v) is 20.4. The van der Waals surface area contributed by atoms with Gasteiger partial charge in [-0.3, -0.25) is 9.69 Å². The molecule has 3 atom stereocenters. The first-order chi connectivity index (χ1) is 15.6. The van der Waals surface area contributed by atoms with E-state index in [9.17, 15) is 4.79 Å². The molecule has 3 unspecified atom stereocenters. The Morgan fingerprint density at radius 1 is 1.03 bits per heavy atom. The van der Waals surface area contributed by atoms with Gasteiger partial charge >= 0.3 is 0 Å². The molecular formula is C26H43N5O. The maximum Gasteiger partial charge on any atom is 0.225 e. The summed E-state index contributed by atoms with van der Waals surface area (Å²) in [6.45, 7) is 11.2. The van der Waals surface area contributed by atoms with Crippen LogP contribution >= 0.6 is 0 Å². The summed E-state index contributed by atoms with van der Waals surface area (Å²) in [4.78, 5) is 25.6. The minimum Gasteiger partial charge on any atom is -0.332 e. The number of carbonyl (C=O) groups is 1. The molecule has 1 aromatic rings. The molecule has 32 heavy (non-hydrogen) atoms. The second-order valence-electron chi connectivity index (χ2n) is 10.3. The van der Waals surface area contributed by atoms with Crippen LogP contribution in [-0.2, 0) is 4.79 Å². The Hall–Kier alpha value is -1.53. The summed E-state index contributed by atoms with van der Waals surface area (Å²) >= 11 is 0. The quantitative estimate of drug-likeness (QED) is 0.715. The van der Waals surface area contributed by atoms with Gasteiger partial charge < -0.3 is 10.2 Å². The average Bonchev–Trinajstić information content (AvgIpc) is 3.07. The number of nitrogens with one attached hydrogen (secondary N) is 1. The van der Waals surface area contributed by atoms with Gasteiger partial charge in [-0.25, -0.2) is 9.97 Å². The van der Waals surface area contributed by atoms with E-state index in [0.717, 1.165) is 38.3 Å². The van der Waals surface area contributed by atoms with Crippen LogP contribution in [0.3, 0.4) is 0 Å². The second-order valence-corrected chi connectivity index (χ2v) is 10.3. The van der Waals surface area contributed by atoms with E-state index in [0.29, 0.717) is 35.7 Å². The zero-order chi connectivity index (χ0) is 22.5. The molecule has 0 spiro atoms. The van der Waals surface area contributed by atoms with E-state index in [4.69, 9.17) is 9.97 Å².